The van der Waals surface area contributed by atoms with Crippen molar-refractivity contribution < 1.29 is 9.53 Å². The molecular weight excluding hydrogens is 254 g/mol. The van der Waals surface area contributed by atoms with Crippen LogP contribution in [0.3, 0.4) is 0 Å². The second-order valence-corrected chi connectivity index (χ2v) is 4.87. The third-order valence-electron chi connectivity index (χ3n) is 3.65. The van der Waals surface area contributed by atoms with Crippen LogP contribution in [-0.4, -0.2) is 55.0 Å². The van der Waals surface area contributed by atoms with Crippen molar-refractivity contribution in [1.29, 1.82) is 5.26 Å². The number of hydrogen-bond acceptors (Lipinski definition) is 4. The molecule has 0 radical (unpaired) electrons. The van der Waals surface area contributed by atoms with E-state index in [1.165, 1.54) is 0 Å². The zero-order valence-corrected chi connectivity index (χ0v) is 11.9. The number of hydrogen-bond donors (Lipinski definition) is 0. The van der Waals surface area contributed by atoms with Crippen LogP contribution in [0.2, 0.25) is 0 Å². The minimum absolute atomic E-state index is 0.0214. The molecule has 1 atom stereocenters. The van der Waals surface area contributed by atoms with E-state index in [0.717, 1.165) is 13.1 Å². The molecule has 1 fully saturated rings. The predicted octanol–water partition coefficient (Wildman–Crippen LogP) is 1.37. The molecule has 1 aromatic carbocycles. The van der Waals surface area contributed by atoms with Gasteiger partial charge in [-0.3, -0.25) is 9.69 Å². The summed E-state index contributed by atoms with van der Waals surface area (Å²) in [5, 5.41) is 8.91. The molecule has 1 aliphatic heterocycles. The molecule has 1 amide bonds. The standard InChI is InChI=1S/C15H19N3O2/c1-12(11-16)17-6-8-18(9-7-17)15(19)13-4-3-5-14(10-13)20-2/h3-5,10,12H,6-9H2,1-2H3. The molecule has 1 saturated heterocycles. The third-order valence-corrected chi connectivity index (χ3v) is 3.65. The molecule has 106 valence electrons. The first-order valence-corrected chi connectivity index (χ1v) is 6.72. The Morgan fingerprint density at radius 1 is 1.35 bits per heavy atom. The fraction of sp³-hybridized carbons (Fsp3) is 0.467. The van der Waals surface area contributed by atoms with Crippen LogP contribution in [-0.2, 0) is 0 Å². The highest BCUT2D eigenvalue weighted by Gasteiger charge is 2.24. The molecule has 0 bridgehead atoms. The van der Waals surface area contributed by atoms with Crippen molar-refractivity contribution in [2.24, 2.45) is 0 Å². The lowest BCUT2D eigenvalue weighted by atomic mass is 10.1. The zero-order chi connectivity index (χ0) is 14.5. The summed E-state index contributed by atoms with van der Waals surface area (Å²) >= 11 is 0. The third kappa shape index (κ3) is 3.09. The van der Waals surface area contributed by atoms with Crippen molar-refractivity contribution in [3.63, 3.8) is 0 Å². The first kappa shape index (κ1) is 14.4. The Bertz CT molecular complexity index is 516. The Kier molecular flexibility index (Phi) is 4.59. The fourth-order valence-electron chi connectivity index (χ4n) is 2.33. The van der Waals surface area contributed by atoms with Crippen LogP contribution >= 0.6 is 0 Å². The van der Waals surface area contributed by atoms with Crippen LogP contribution in [0.25, 0.3) is 0 Å². The van der Waals surface area contributed by atoms with Gasteiger partial charge in [0, 0.05) is 31.7 Å². The predicted molar refractivity (Wildman–Crippen MR) is 75.5 cm³/mol. The lowest BCUT2D eigenvalue weighted by Gasteiger charge is -2.35. The van der Waals surface area contributed by atoms with Gasteiger partial charge in [0.25, 0.3) is 5.91 Å². The molecular formula is C15H19N3O2. The van der Waals surface area contributed by atoms with Gasteiger partial charge in [-0.15, -0.1) is 0 Å². The van der Waals surface area contributed by atoms with Crippen molar-refractivity contribution in [3.05, 3.63) is 29.8 Å². The van der Waals surface area contributed by atoms with E-state index >= 15 is 0 Å². The lowest BCUT2D eigenvalue weighted by molar-refractivity contribution is 0.0615. The number of carbonyl (C=O) groups excluding carboxylic acids is 1. The summed E-state index contributed by atoms with van der Waals surface area (Å²) in [7, 11) is 1.59. The van der Waals surface area contributed by atoms with Crippen molar-refractivity contribution in [3.8, 4) is 11.8 Å². The average molecular weight is 273 g/mol. The Labute approximate surface area is 119 Å². The maximum atomic E-state index is 12.4. The molecule has 1 unspecified atom stereocenters. The molecule has 0 aromatic heterocycles. The summed E-state index contributed by atoms with van der Waals surface area (Å²) in [6, 6.07) is 9.34. The summed E-state index contributed by atoms with van der Waals surface area (Å²) in [5.74, 6) is 0.709. The fourth-order valence-corrected chi connectivity index (χ4v) is 2.33. The van der Waals surface area contributed by atoms with Crippen LogP contribution in [0.4, 0.5) is 0 Å². The van der Waals surface area contributed by atoms with Crippen molar-refractivity contribution >= 4 is 5.91 Å². The molecule has 2 rings (SSSR count). The monoisotopic (exact) mass is 273 g/mol. The van der Waals surface area contributed by atoms with E-state index in [2.05, 4.69) is 11.0 Å². The van der Waals surface area contributed by atoms with Crippen molar-refractivity contribution in [1.82, 2.24) is 9.80 Å². The van der Waals surface area contributed by atoms with Gasteiger partial charge in [0.2, 0.25) is 0 Å². The Morgan fingerprint density at radius 3 is 2.65 bits per heavy atom. The van der Waals surface area contributed by atoms with Crippen molar-refractivity contribution in [2.75, 3.05) is 33.3 Å². The summed E-state index contributed by atoms with van der Waals surface area (Å²) < 4.78 is 5.14. The topological polar surface area (TPSA) is 56.6 Å². The Morgan fingerprint density at radius 2 is 2.05 bits per heavy atom. The van der Waals surface area contributed by atoms with Crippen LogP contribution in [0.15, 0.2) is 24.3 Å². The summed E-state index contributed by atoms with van der Waals surface area (Å²) in [6.07, 6.45) is 0. The summed E-state index contributed by atoms with van der Waals surface area (Å²) in [6.45, 7) is 4.68. The quantitative estimate of drug-likeness (QED) is 0.834. The van der Waals surface area contributed by atoms with E-state index < -0.39 is 0 Å². The first-order valence-electron chi connectivity index (χ1n) is 6.72. The number of piperazine rings is 1. The molecule has 0 spiro atoms. The minimum Gasteiger partial charge on any atom is -0.497 e. The van der Waals surface area contributed by atoms with Gasteiger partial charge in [-0.2, -0.15) is 5.26 Å². The molecule has 1 aliphatic rings. The number of methoxy groups -OCH3 is 1. The molecule has 1 aromatic rings. The zero-order valence-electron chi connectivity index (χ0n) is 11.9. The van der Waals surface area contributed by atoms with E-state index in [0.29, 0.717) is 24.4 Å². The highest BCUT2D eigenvalue weighted by atomic mass is 16.5. The van der Waals surface area contributed by atoms with Crippen LogP contribution in [0.5, 0.6) is 5.75 Å². The van der Waals surface area contributed by atoms with Gasteiger partial charge in [-0.1, -0.05) is 6.07 Å². The second kappa shape index (κ2) is 6.40. The number of ether oxygens (including phenoxy) is 1. The average Bonchev–Trinajstić information content (AvgIpc) is 2.53. The van der Waals surface area contributed by atoms with E-state index in [-0.39, 0.29) is 11.9 Å². The van der Waals surface area contributed by atoms with E-state index in [9.17, 15) is 4.79 Å². The molecule has 20 heavy (non-hydrogen) atoms. The highest BCUT2D eigenvalue weighted by molar-refractivity contribution is 5.94. The number of amides is 1. The van der Waals surface area contributed by atoms with Gasteiger partial charge in [0.1, 0.15) is 5.75 Å². The van der Waals surface area contributed by atoms with E-state index in [1.807, 2.05) is 24.0 Å². The van der Waals surface area contributed by atoms with Crippen molar-refractivity contribution in [2.45, 2.75) is 13.0 Å². The largest absolute Gasteiger partial charge is 0.497 e. The Hall–Kier alpha value is -2.06. The maximum absolute atomic E-state index is 12.4. The highest BCUT2D eigenvalue weighted by Crippen LogP contribution is 2.16. The molecule has 0 aliphatic carbocycles. The molecule has 1 heterocycles. The van der Waals surface area contributed by atoms with Gasteiger partial charge in [-0.25, -0.2) is 0 Å². The molecule has 5 heteroatoms. The van der Waals surface area contributed by atoms with Gasteiger partial charge in [0.05, 0.1) is 19.2 Å². The SMILES string of the molecule is COc1cccc(C(=O)N2CCN(C(C)C#N)CC2)c1. The minimum atomic E-state index is -0.0935. The van der Waals surface area contributed by atoms with Crippen LogP contribution < -0.4 is 4.74 Å². The van der Waals surface area contributed by atoms with Gasteiger partial charge in [0.15, 0.2) is 0 Å². The number of carbonyl (C=O) groups is 1. The van der Waals surface area contributed by atoms with E-state index in [1.54, 1.807) is 19.2 Å². The first-order chi connectivity index (χ1) is 9.65. The summed E-state index contributed by atoms with van der Waals surface area (Å²) in [5.41, 5.74) is 0.645. The van der Waals surface area contributed by atoms with Gasteiger partial charge in [-0.05, 0) is 25.1 Å². The number of nitriles is 1. The smallest absolute Gasteiger partial charge is 0.254 e. The molecule has 5 nitrogen and oxygen atoms in total. The van der Waals surface area contributed by atoms with Gasteiger partial charge < -0.3 is 9.64 Å². The Balaban J connectivity index is 2.00. The maximum Gasteiger partial charge on any atom is 0.254 e. The van der Waals surface area contributed by atoms with Crippen LogP contribution in [0, 0.1) is 11.3 Å². The number of rotatable bonds is 3. The van der Waals surface area contributed by atoms with Gasteiger partial charge >= 0.3 is 0 Å². The van der Waals surface area contributed by atoms with E-state index in [4.69, 9.17) is 10.00 Å². The normalized spacial score (nSPS) is 17.4. The van der Waals surface area contributed by atoms with Crippen LogP contribution in [0.1, 0.15) is 17.3 Å². The summed E-state index contributed by atoms with van der Waals surface area (Å²) in [4.78, 5) is 16.3. The number of benzene rings is 1. The second-order valence-electron chi connectivity index (χ2n) is 4.87. The number of nitrogens with zero attached hydrogens (tertiary/aromatic N) is 3. The lowest BCUT2D eigenvalue weighted by Crippen LogP contribution is -2.51. The molecule has 0 N–H and O–H groups in total. The molecule has 0 saturated carbocycles.